The van der Waals surface area contributed by atoms with Crippen LogP contribution in [0.15, 0.2) is 30.9 Å². The molecule has 0 aliphatic heterocycles. The maximum atomic E-state index is 4.35. The third-order valence-corrected chi connectivity index (χ3v) is 3.09. The lowest BCUT2D eigenvalue weighted by Gasteiger charge is -2.13. The molecule has 1 unspecified atom stereocenters. The van der Waals surface area contributed by atoms with Crippen LogP contribution in [0, 0.1) is 6.92 Å². The molecular formula is C12H15N7. The van der Waals surface area contributed by atoms with E-state index in [9.17, 15) is 0 Å². The number of nitrogens with zero attached hydrogens (tertiary/aromatic N) is 7. The van der Waals surface area contributed by atoms with Crippen molar-refractivity contribution in [3.8, 4) is 5.82 Å². The first-order valence-electron chi connectivity index (χ1n) is 6.07. The van der Waals surface area contributed by atoms with Gasteiger partial charge in [-0.3, -0.25) is 13.9 Å². The van der Waals surface area contributed by atoms with Gasteiger partial charge < -0.3 is 0 Å². The van der Waals surface area contributed by atoms with Crippen LogP contribution in [0.5, 0.6) is 0 Å². The normalized spacial score (nSPS) is 12.8. The fraction of sp³-hybridized carbons (Fsp3) is 0.333. The predicted molar refractivity (Wildman–Crippen MR) is 68.9 cm³/mol. The molecule has 98 valence electrons. The summed E-state index contributed by atoms with van der Waals surface area (Å²) in [5.74, 6) is 1.77. The Kier molecular flexibility index (Phi) is 2.66. The summed E-state index contributed by atoms with van der Waals surface area (Å²) in [7, 11) is 1.91. The van der Waals surface area contributed by atoms with E-state index in [1.807, 2.05) is 53.2 Å². The van der Waals surface area contributed by atoms with Crippen LogP contribution in [0.3, 0.4) is 0 Å². The third kappa shape index (κ3) is 1.92. The maximum Gasteiger partial charge on any atom is 0.163 e. The molecule has 3 heterocycles. The van der Waals surface area contributed by atoms with E-state index in [1.54, 1.807) is 12.5 Å². The van der Waals surface area contributed by atoms with Crippen LogP contribution in [0.1, 0.15) is 24.5 Å². The molecule has 0 bridgehead atoms. The van der Waals surface area contributed by atoms with Crippen molar-refractivity contribution in [2.45, 2.75) is 19.9 Å². The van der Waals surface area contributed by atoms with Gasteiger partial charge in [-0.15, -0.1) is 10.2 Å². The Balaban J connectivity index is 2.06. The average Bonchev–Trinajstić information content (AvgIpc) is 3.08. The smallest absolute Gasteiger partial charge is 0.163 e. The summed E-state index contributed by atoms with van der Waals surface area (Å²) in [4.78, 5) is 0. The van der Waals surface area contributed by atoms with Gasteiger partial charge in [0.15, 0.2) is 5.82 Å². The van der Waals surface area contributed by atoms with Crippen LogP contribution in [-0.4, -0.2) is 34.3 Å². The first-order valence-corrected chi connectivity index (χ1v) is 6.07. The topological polar surface area (TPSA) is 66.3 Å². The minimum absolute atomic E-state index is 0.00714. The highest BCUT2D eigenvalue weighted by Crippen LogP contribution is 2.18. The molecule has 19 heavy (non-hydrogen) atoms. The van der Waals surface area contributed by atoms with E-state index < -0.39 is 0 Å². The van der Waals surface area contributed by atoms with Crippen molar-refractivity contribution < 1.29 is 0 Å². The van der Waals surface area contributed by atoms with Crippen LogP contribution in [0.2, 0.25) is 0 Å². The molecule has 0 aliphatic carbocycles. The minimum Gasteiger partial charge on any atom is -0.268 e. The zero-order valence-electron chi connectivity index (χ0n) is 11.1. The average molecular weight is 257 g/mol. The highest BCUT2D eigenvalue weighted by Gasteiger charge is 2.18. The number of aromatic nitrogens is 7. The van der Waals surface area contributed by atoms with E-state index in [0.29, 0.717) is 0 Å². The second kappa shape index (κ2) is 4.34. The molecule has 3 rings (SSSR count). The minimum atomic E-state index is 0.00714. The van der Waals surface area contributed by atoms with Gasteiger partial charge in [0.05, 0.1) is 5.69 Å². The van der Waals surface area contributed by atoms with E-state index in [1.165, 1.54) is 0 Å². The maximum absolute atomic E-state index is 4.35. The lowest BCUT2D eigenvalue weighted by molar-refractivity contribution is 0.523. The largest absolute Gasteiger partial charge is 0.268 e. The van der Waals surface area contributed by atoms with Crippen molar-refractivity contribution in [2.75, 3.05) is 0 Å². The number of rotatable bonds is 3. The number of hydrogen-bond acceptors (Lipinski definition) is 4. The molecule has 0 radical (unpaired) electrons. The summed E-state index contributed by atoms with van der Waals surface area (Å²) in [5, 5.41) is 16.8. The predicted octanol–water partition coefficient (Wildman–Crippen LogP) is 1.12. The first-order chi connectivity index (χ1) is 9.16. The summed E-state index contributed by atoms with van der Waals surface area (Å²) in [6.07, 6.45) is 5.37. The van der Waals surface area contributed by atoms with Gasteiger partial charge in [-0.2, -0.15) is 10.2 Å². The molecule has 7 nitrogen and oxygen atoms in total. The van der Waals surface area contributed by atoms with Crippen LogP contribution in [0.4, 0.5) is 0 Å². The highest BCUT2D eigenvalue weighted by molar-refractivity contribution is 5.27. The van der Waals surface area contributed by atoms with Gasteiger partial charge in [-0.25, -0.2) is 0 Å². The van der Waals surface area contributed by atoms with E-state index in [4.69, 9.17) is 0 Å². The van der Waals surface area contributed by atoms with Crippen LogP contribution in [-0.2, 0) is 7.05 Å². The first kappa shape index (κ1) is 11.6. The van der Waals surface area contributed by atoms with Crippen molar-refractivity contribution in [1.29, 1.82) is 0 Å². The van der Waals surface area contributed by atoms with E-state index in [2.05, 4.69) is 20.4 Å². The molecule has 3 aromatic heterocycles. The standard InChI is InChI=1S/C12H15N7/c1-9-7-11(17(3)16-9)18-8-13-15-12(18)10(2)19-6-4-5-14-19/h4-8,10H,1-3H3. The second-order valence-electron chi connectivity index (χ2n) is 4.49. The van der Waals surface area contributed by atoms with Gasteiger partial charge >= 0.3 is 0 Å². The molecule has 0 aromatic carbocycles. The SMILES string of the molecule is Cc1cc(-n2cnnc2C(C)n2cccn2)n(C)n1. The van der Waals surface area contributed by atoms with E-state index in [-0.39, 0.29) is 6.04 Å². The van der Waals surface area contributed by atoms with Gasteiger partial charge in [0.1, 0.15) is 18.2 Å². The molecule has 1 atom stereocenters. The quantitative estimate of drug-likeness (QED) is 0.705. The Labute approximate surface area is 110 Å². The van der Waals surface area contributed by atoms with Gasteiger partial charge in [0.2, 0.25) is 0 Å². The summed E-state index contributed by atoms with van der Waals surface area (Å²) in [5.41, 5.74) is 0.962. The summed E-state index contributed by atoms with van der Waals surface area (Å²) in [6, 6.07) is 3.90. The van der Waals surface area contributed by atoms with Crippen molar-refractivity contribution >= 4 is 0 Å². The Bertz CT molecular complexity index is 677. The Hall–Kier alpha value is -2.44. The van der Waals surface area contributed by atoms with Gasteiger partial charge in [-0.05, 0) is 19.9 Å². The monoisotopic (exact) mass is 257 g/mol. The zero-order chi connectivity index (χ0) is 13.4. The number of aryl methyl sites for hydroxylation is 2. The van der Waals surface area contributed by atoms with Gasteiger partial charge in [0.25, 0.3) is 0 Å². The molecular weight excluding hydrogens is 242 g/mol. The molecule has 0 fully saturated rings. The van der Waals surface area contributed by atoms with Crippen LogP contribution in [0.25, 0.3) is 5.82 Å². The Morgan fingerprint density at radius 3 is 2.79 bits per heavy atom. The molecule has 0 aliphatic rings. The molecule has 0 saturated carbocycles. The fourth-order valence-electron chi connectivity index (χ4n) is 2.16. The third-order valence-electron chi connectivity index (χ3n) is 3.09. The lowest BCUT2D eigenvalue weighted by Crippen LogP contribution is -2.14. The zero-order valence-corrected chi connectivity index (χ0v) is 11.1. The second-order valence-corrected chi connectivity index (χ2v) is 4.49. The highest BCUT2D eigenvalue weighted by atomic mass is 15.4. The Morgan fingerprint density at radius 1 is 1.32 bits per heavy atom. The van der Waals surface area contributed by atoms with Crippen LogP contribution < -0.4 is 0 Å². The van der Waals surface area contributed by atoms with Crippen molar-refractivity contribution in [1.82, 2.24) is 34.3 Å². The fourth-order valence-corrected chi connectivity index (χ4v) is 2.16. The van der Waals surface area contributed by atoms with E-state index >= 15 is 0 Å². The molecule has 3 aromatic rings. The van der Waals surface area contributed by atoms with Crippen molar-refractivity contribution in [3.63, 3.8) is 0 Å². The number of hydrogen-bond donors (Lipinski definition) is 0. The lowest BCUT2D eigenvalue weighted by atomic mass is 10.3. The molecule has 7 heteroatoms. The van der Waals surface area contributed by atoms with Crippen molar-refractivity contribution in [2.24, 2.45) is 7.05 Å². The summed E-state index contributed by atoms with van der Waals surface area (Å²) < 4.78 is 5.61. The van der Waals surface area contributed by atoms with Crippen molar-refractivity contribution in [3.05, 3.63) is 42.4 Å². The van der Waals surface area contributed by atoms with Crippen LogP contribution >= 0.6 is 0 Å². The summed E-state index contributed by atoms with van der Waals surface area (Å²) in [6.45, 7) is 4.00. The molecule has 0 saturated heterocycles. The Morgan fingerprint density at radius 2 is 2.16 bits per heavy atom. The summed E-state index contributed by atoms with van der Waals surface area (Å²) >= 11 is 0. The van der Waals surface area contributed by atoms with Gasteiger partial charge in [0, 0.05) is 25.5 Å². The molecule has 0 spiro atoms. The van der Waals surface area contributed by atoms with Gasteiger partial charge in [-0.1, -0.05) is 0 Å². The molecule has 0 N–H and O–H groups in total. The molecule has 0 amide bonds. The van der Waals surface area contributed by atoms with E-state index in [0.717, 1.165) is 17.3 Å².